The first-order valence-electron chi connectivity index (χ1n) is 10.4. The standard InChI is InChI=1S/C25H23ClN4O2S/c1-14-9-15(2)11-20(10-14)29-21-22(33-25-27-16(3)12-17(4)28-25)24(32)30(23(21)31)13-18-5-7-19(26)8-6-18/h5-12,29H,13H2,1-4H3. The normalized spacial score (nSPS) is 13.8. The summed E-state index contributed by atoms with van der Waals surface area (Å²) in [7, 11) is 0. The van der Waals surface area contributed by atoms with E-state index in [1.807, 2.05) is 52.0 Å². The van der Waals surface area contributed by atoms with Crippen LogP contribution in [0.5, 0.6) is 0 Å². The Morgan fingerprint density at radius 1 is 0.879 bits per heavy atom. The fraction of sp³-hybridized carbons (Fsp3) is 0.200. The van der Waals surface area contributed by atoms with E-state index in [0.29, 0.717) is 10.2 Å². The quantitative estimate of drug-likeness (QED) is 0.380. The number of anilines is 1. The number of aryl methyl sites for hydroxylation is 4. The van der Waals surface area contributed by atoms with Gasteiger partial charge in [-0.1, -0.05) is 29.8 Å². The molecular weight excluding hydrogens is 456 g/mol. The van der Waals surface area contributed by atoms with E-state index in [9.17, 15) is 9.59 Å². The van der Waals surface area contributed by atoms with E-state index < -0.39 is 0 Å². The van der Waals surface area contributed by atoms with Crippen molar-refractivity contribution in [2.45, 2.75) is 39.4 Å². The van der Waals surface area contributed by atoms with Gasteiger partial charge in [-0.2, -0.15) is 0 Å². The molecule has 2 amide bonds. The lowest BCUT2D eigenvalue weighted by atomic mass is 10.1. The van der Waals surface area contributed by atoms with Crippen molar-refractivity contribution in [2.75, 3.05) is 5.32 Å². The van der Waals surface area contributed by atoms with E-state index in [1.165, 1.54) is 4.90 Å². The molecule has 33 heavy (non-hydrogen) atoms. The minimum atomic E-state index is -0.388. The average molecular weight is 479 g/mol. The number of hydrogen-bond acceptors (Lipinski definition) is 6. The number of carbonyl (C=O) groups is 2. The summed E-state index contributed by atoms with van der Waals surface area (Å²) in [6, 6.07) is 14.9. The highest BCUT2D eigenvalue weighted by atomic mass is 35.5. The summed E-state index contributed by atoms with van der Waals surface area (Å²) < 4.78 is 0. The van der Waals surface area contributed by atoms with Gasteiger partial charge in [0, 0.05) is 22.1 Å². The van der Waals surface area contributed by atoms with Gasteiger partial charge in [0.1, 0.15) is 10.6 Å². The van der Waals surface area contributed by atoms with E-state index in [4.69, 9.17) is 11.6 Å². The minimum absolute atomic E-state index is 0.143. The summed E-state index contributed by atoms with van der Waals surface area (Å²) in [5.41, 5.74) is 5.48. The van der Waals surface area contributed by atoms with Gasteiger partial charge in [-0.15, -0.1) is 0 Å². The fourth-order valence-corrected chi connectivity index (χ4v) is 4.82. The van der Waals surface area contributed by atoms with Gasteiger partial charge in [0.05, 0.1) is 6.54 Å². The molecule has 0 saturated heterocycles. The highest BCUT2D eigenvalue weighted by molar-refractivity contribution is 8.04. The van der Waals surface area contributed by atoms with Gasteiger partial charge in [0.15, 0.2) is 5.16 Å². The molecule has 0 atom stereocenters. The molecule has 4 rings (SSSR count). The maximum atomic E-state index is 13.4. The Bertz CT molecular complexity index is 1170. The van der Waals surface area contributed by atoms with Crippen molar-refractivity contribution in [3.63, 3.8) is 0 Å². The lowest BCUT2D eigenvalue weighted by Crippen LogP contribution is -2.31. The largest absolute Gasteiger partial charge is 0.350 e. The molecule has 1 N–H and O–H groups in total. The molecule has 2 heterocycles. The third-order valence-corrected chi connectivity index (χ3v) is 6.23. The molecule has 3 aromatic rings. The maximum absolute atomic E-state index is 13.4. The van der Waals surface area contributed by atoms with E-state index >= 15 is 0 Å². The van der Waals surface area contributed by atoms with Crippen LogP contribution < -0.4 is 5.32 Å². The molecule has 1 aliphatic heterocycles. The van der Waals surface area contributed by atoms with Crippen molar-refractivity contribution in [1.82, 2.24) is 14.9 Å². The third kappa shape index (κ3) is 5.26. The second-order valence-corrected chi connectivity index (χ2v) is 9.48. The molecule has 6 nitrogen and oxygen atoms in total. The molecule has 0 unspecified atom stereocenters. The summed E-state index contributed by atoms with van der Waals surface area (Å²) in [6.07, 6.45) is 0. The first-order chi connectivity index (χ1) is 15.7. The molecule has 8 heteroatoms. The molecule has 1 aromatic heterocycles. The van der Waals surface area contributed by atoms with Crippen LogP contribution in [0.3, 0.4) is 0 Å². The number of rotatable bonds is 6. The molecule has 0 bridgehead atoms. The molecule has 168 valence electrons. The summed E-state index contributed by atoms with van der Waals surface area (Å²) in [4.78, 5) is 37.2. The Balaban J connectivity index is 1.71. The highest BCUT2D eigenvalue weighted by Crippen LogP contribution is 2.35. The van der Waals surface area contributed by atoms with Crippen LogP contribution in [-0.2, 0) is 16.1 Å². The van der Waals surface area contributed by atoms with Gasteiger partial charge >= 0.3 is 0 Å². The summed E-state index contributed by atoms with van der Waals surface area (Å²) in [5.74, 6) is -0.768. The molecule has 0 saturated carbocycles. The van der Waals surface area contributed by atoms with Gasteiger partial charge < -0.3 is 5.32 Å². The summed E-state index contributed by atoms with van der Waals surface area (Å²) in [6.45, 7) is 7.86. The Hall–Kier alpha value is -3.16. The molecule has 0 radical (unpaired) electrons. The molecular formula is C25H23ClN4O2S. The highest BCUT2D eigenvalue weighted by Gasteiger charge is 2.39. The van der Waals surface area contributed by atoms with Crippen LogP contribution in [0.2, 0.25) is 5.02 Å². The average Bonchev–Trinajstić information content (AvgIpc) is 2.93. The third-order valence-electron chi connectivity index (χ3n) is 5.03. The Morgan fingerprint density at radius 2 is 1.48 bits per heavy atom. The zero-order valence-corrected chi connectivity index (χ0v) is 20.3. The van der Waals surface area contributed by atoms with Crippen LogP contribution in [0, 0.1) is 27.7 Å². The molecule has 0 spiro atoms. The van der Waals surface area contributed by atoms with Crippen molar-refractivity contribution in [2.24, 2.45) is 0 Å². The monoisotopic (exact) mass is 478 g/mol. The number of hydrogen-bond donors (Lipinski definition) is 1. The van der Waals surface area contributed by atoms with Gasteiger partial charge in [0.25, 0.3) is 11.8 Å². The first-order valence-corrected chi connectivity index (χ1v) is 11.6. The lowest BCUT2D eigenvalue weighted by Gasteiger charge is -2.15. The number of nitrogens with one attached hydrogen (secondary N) is 1. The van der Waals surface area contributed by atoms with Crippen molar-refractivity contribution in [1.29, 1.82) is 0 Å². The van der Waals surface area contributed by atoms with Crippen molar-refractivity contribution >= 4 is 40.9 Å². The first kappa shape index (κ1) is 23.0. The van der Waals surface area contributed by atoms with E-state index in [-0.39, 0.29) is 29.0 Å². The summed E-state index contributed by atoms with van der Waals surface area (Å²) in [5, 5.41) is 4.22. The smallest absolute Gasteiger partial charge is 0.278 e. The number of carbonyl (C=O) groups excluding carboxylic acids is 2. The predicted molar refractivity (Wildman–Crippen MR) is 131 cm³/mol. The van der Waals surface area contributed by atoms with Crippen LogP contribution in [0.25, 0.3) is 0 Å². The molecule has 0 aliphatic carbocycles. The lowest BCUT2D eigenvalue weighted by molar-refractivity contribution is -0.137. The summed E-state index contributed by atoms with van der Waals surface area (Å²) >= 11 is 7.09. The molecule has 2 aromatic carbocycles. The zero-order valence-electron chi connectivity index (χ0n) is 18.8. The Kier molecular flexibility index (Phi) is 6.54. The van der Waals surface area contributed by atoms with E-state index in [2.05, 4.69) is 15.3 Å². The fourth-order valence-electron chi connectivity index (χ4n) is 3.70. The van der Waals surface area contributed by atoms with Crippen LogP contribution in [0.15, 0.2) is 64.3 Å². The number of amides is 2. The number of thioether (sulfide) groups is 1. The van der Waals surface area contributed by atoms with Gasteiger partial charge in [-0.3, -0.25) is 14.5 Å². The van der Waals surface area contributed by atoms with Gasteiger partial charge in [0.2, 0.25) is 0 Å². The minimum Gasteiger partial charge on any atom is -0.350 e. The van der Waals surface area contributed by atoms with Crippen LogP contribution >= 0.6 is 23.4 Å². The zero-order chi connectivity index (χ0) is 23.7. The van der Waals surface area contributed by atoms with Gasteiger partial charge in [-0.25, -0.2) is 9.97 Å². The number of nitrogens with zero attached hydrogens (tertiary/aromatic N) is 3. The van der Waals surface area contributed by atoms with Crippen LogP contribution in [-0.4, -0.2) is 26.7 Å². The van der Waals surface area contributed by atoms with E-state index in [0.717, 1.165) is 45.5 Å². The predicted octanol–water partition coefficient (Wildman–Crippen LogP) is 5.35. The number of imide groups is 1. The van der Waals surface area contributed by atoms with Crippen molar-refractivity contribution < 1.29 is 9.59 Å². The maximum Gasteiger partial charge on any atom is 0.278 e. The number of benzene rings is 2. The second-order valence-electron chi connectivity index (χ2n) is 8.06. The number of aromatic nitrogens is 2. The Morgan fingerprint density at radius 3 is 2.09 bits per heavy atom. The van der Waals surface area contributed by atoms with Crippen molar-refractivity contribution in [3.05, 3.63) is 92.2 Å². The Labute approximate surface area is 202 Å². The van der Waals surface area contributed by atoms with Crippen LogP contribution in [0.1, 0.15) is 28.1 Å². The van der Waals surface area contributed by atoms with Crippen LogP contribution in [0.4, 0.5) is 5.69 Å². The van der Waals surface area contributed by atoms with Gasteiger partial charge in [-0.05, 0) is 86.5 Å². The number of halogens is 1. The second kappa shape index (κ2) is 9.37. The molecule has 0 fully saturated rings. The van der Waals surface area contributed by atoms with Crippen molar-refractivity contribution in [3.8, 4) is 0 Å². The van der Waals surface area contributed by atoms with E-state index in [1.54, 1.807) is 24.3 Å². The molecule has 1 aliphatic rings. The SMILES string of the molecule is Cc1cc(C)cc(NC2=C(Sc3nc(C)cc(C)n3)C(=O)N(Cc3ccc(Cl)cc3)C2=O)c1. The topological polar surface area (TPSA) is 75.2 Å².